The summed E-state index contributed by atoms with van der Waals surface area (Å²) in [7, 11) is 1.30. The maximum absolute atomic E-state index is 11.0. The quantitative estimate of drug-likeness (QED) is 0.528. The van der Waals surface area contributed by atoms with Gasteiger partial charge in [-0.05, 0) is 23.8 Å². The van der Waals surface area contributed by atoms with E-state index in [-0.39, 0.29) is 11.4 Å². The minimum absolute atomic E-state index is 0.0150. The summed E-state index contributed by atoms with van der Waals surface area (Å²) >= 11 is 1.25. The van der Waals surface area contributed by atoms with Crippen molar-refractivity contribution in [1.29, 1.82) is 0 Å². The Bertz CT molecular complexity index is 1060. The zero-order valence-electron chi connectivity index (χ0n) is 13.3. The van der Waals surface area contributed by atoms with Gasteiger partial charge >= 0.3 is 5.69 Å². The van der Waals surface area contributed by atoms with Crippen molar-refractivity contribution in [1.82, 2.24) is 4.98 Å². The normalized spacial score (nSPS) is 11.1. The number of hydrogen-bond acceptors (Lipinski definition) is 8. The molecular weight excluding hydrogens is 362 g/mol. The first-order valence-electron chi connectivity index (χ1n) is 7.17. The Kier molecular flexibility index (Phi) is 4.50. The van der Waals surface area contributed by atoms with Crippen LogP contribution in [0.2, 0.25) is 0 Å². The lowest BCUT2D eigenvalue weighted by Gasteiger charge is -2.05. The van der Waals surface area contributed by atoms with Crippen LogP contribution in [0.1, 0.15) is 10.6 Å². The molecule has 0 aliphatic heterocycles. The molecule has 0 unspecified atom stereocenters. The molecule has 10 heteroatoms. The predicted octanol–water partition coefficient (Wildman–Crippen LogP) is 4.00. The molecule has 3 rings (SSSR count). The minimum Gasteiger partial charge on any atom is -0.500 e. The Morgan fingerprint density at radius 3 is 2.58 bits per heavy atom. The summed E-state index contributed by atoms with van der Waals surface area (Å²) in [4.78, 5) is 25.0. The second-order valence-electron chi connectivity index (χ2n) is 5.14. The largest absolute Gasteiger partial charge is 0.500 e. The Balaban J connectivity index is 1.97. The number of nitro benzene ring substituents is 2. The van der Waals surface area contributed by atoms with E-state index in [4.69, 9.17) is 4.74 Å². The number of nitro groups is 2. The SMILES string of the molecule is COc1cc(/C=C/c2nc3ccc([N+](=O)[O-])cc3s2)cc([N+](=O)[O-])c1O. The summed E-state index contributed by atoms with van der Waals surface area (Å²) in [5.74, 6) is -0.555. The van der Waals surface area contributed by atoms with Crippen molar-refractivity contribution in [2.24, 2.45) is 0 Å². The highest BCUT2D eigenvalue weighted by Gasteiger charge is 2.19. The number of rotatable bonds is 5. The summed E-state index contributed by atoms with van der Waals surface area (Å²) in [5.41, 5.74) is 0.575. The van der Waals surface area contributed by atoms with Crippen LogP contribution in [-0.2, 0) is 0 Å². The number of methoxy groups -OCH3 is 1. The molecule has 3 aromatic rings. The van der Waals surface area contributed by atoms with Gasteiger partial charge in [0, 0.05) is 18.2 Å². The first kappa shape index (κ1) is 17.3. The second kappa shape index (κ2) is 6.76. The van der Waals surface area contributed by atoms with Crippen molar-refractivity contribution in [2.75, 3.05) is 7.11 Å². The van der Waals surface area contributed by atoms with Crippen molar-refractivity contribution < 1.29 is 19.7 Å². The molecule has 1 heterocycles. The van der Waals surface area contributed by atoms with E-state index in [0.29, 0.717) is 20.8 Å². The van der Waals surface area contributed by atoms with Crippen LogP contribution in [-0.4, -0.2) is 27.0 Å². The van der Waals surface area contributed by atoms with Gasteiger partial charge in [-0.25, -0.2) is 4.98 Å². The summed E-state index contributed by atoms with van der Waals surface area (Å²) < 4.78 is 5.61. The van der Waals surface area contributed by atoms with Gasteiger partial charge in [0.05, 0.1) is 27.2 Å². The van der Waals surface area contributed by atoms with Crippen LogP contribution in [0, 0.1) is 20.2 Å². The molecule has 0 saturated carbocycles. The van der Waals surface area contributed by atoms with Crippen LogP contribution >= 0.6 is 11.3 Å². The molecule has 2 aromatic carbocycles. The zero-order chi connectivity index (χ0) is 18.8. The van der Waals surface area contributed by atoms with Crippen LogP contribution < -0.4 is 4.74 Å². The van der Waals surface area contributed by atoms with Gasteiger partial charge in [-0.15, -0.1) is 11.3 Å². The minimum atomic E-state index is -0.702. The maximum Gasteiger partial charge on any atom is 0.315 e. The van der Waals surface area contributed by atoms with Crippen LogP contribution in [0.25, 0.3) is 22.4 Å². The van der Waals surface area contributed by atoms with Gasteiger partial charge in [-0.1, -0.05) is 6.08 Å². The summed E-state index contributed by atoms with van der Waals surface area (Å²) in [6, 6.07) is 7.06. The Hall–Kier alpha value is -3.53. The number of nitrogens with zero attached hydrogens (tertiary/aromatic N) is 3. The lowest BCUT2D eigenvalue weighted by atomic mass is 10.1. The Morgan fingerprint density at radius 1 is 1.15 bits per heavy atom. The Labute approximate surface area is 150 Å². The van der Waals surface area contributed by atoms with Crippen molar-refractivity contribution >= 4 is 45.1 Å². The molecule has 0 aliphatic rings. The molecule has 0 spiro atoms. The lowest BCUT2D eigenvalue weighted by molar-refractivity contribution is -0.386. The molecule has 0 aliphatic carbocycles. The van der Waals surface area contributed by atoms with Crippen LogP contribution in [0.5, 0.6) is 11.5 Å². The van der Waals surface area contributed by atoms with Crippen molar-refractivity contribution in [3.63, 3.8) is 0 Å². The third kappa shape index (κ3) is 3.30. The van der Waals surface area contributed by atoms with E-state index in [2.05, 4.69) is 4.98 Å². The number of phenols is 1. The van der Waals surface area contributed by atoms with E-state index >= 15 is 0 Å². The van der Waals surface area contributed by atoms with E-state index < -0.39 is 21.3 Å². The number of non-ortho nitro benzene ring substituents is 1. The molecule has 0 saturated heterocycles. The fraction of sp³-hybridized carbons (Fsp3) is 0.0625. The van der Waals surface area contributed by atoms with Crippen molar-refractivity contribution in [3.05, 3.63) is 61.1 Å². The van der Waals surface area contributed by atoms with E-state index in [1.807, 2.05) is 0 Å². The molecule has 0 bridgehead atoms. The van der Waals surface area contributed by atoms with Crippen molar-refractivity contribution in [2.45, 2.75) is 0 Å². The molecule has 9 nitrogen and oxygen atoms in total. The summed E-state index contributed by atoms with van der Waals surface area (Å²) in [6.45, 7) is 0. The summed E-state index contributed by atoms with van der Waals surface area (Å²) in [5, 5.41) is 32.2. The van der Waals surface area contributed by atoms with Gasteiger partial charge in [0.1, 0.15) is 5.01 Å². The van der Waals surface area contributed by atoms with Crippen LogP contribution in [0.4, 0.5) is 11.4 Å². The molecule has 26 heavy (non-hydrogen) atoms. The fourth-order valence-electron chi connectivity index (χ4n) is 2.29. The topological polar surface area (TPSA) is 129 Å². The third-order valence-corrected chi connectivity index (χ3v) is 4.49. The highest BCUT2D eigenvalue weighted by Crippen LogP contribution is 2.37. The first-order chi connectivity index (χ1) is 12.4. The van der Waals surface area contributed by atoms with E-state index in [9.17, 15) is 25.3 Å². The molecule has 132 valence electrons. The van der Waals surface area contributed by atoms with E-state index in [0.717, 1.165) is 0 Å². The number of phenolic OH excluding ortho intramolecular Hbond substituents is 1. The van der Waals surface area contributed by atoms with Crippen molar-refractivity contribution in [3.8, 4) is 11.5 Å². The zero-order valence-corrected chi connectivity index (χ0v) is 14.1. The second-order valence-corrected chi connectivity index (χ2v) is 6.20. The number of ether oxygens (including phenoxy) is 1. The van der Waals surface area contributed by atoms with Gasteiger partial charge in [0.25, 0.3) is 5.69 Å². The third-order valence-electron chi connectivity index (χ3n) is 3.51. The molecule has 0 amide bonds. The average Bonchev–Trinajstić information content (AvgIpc) is 3.02. The molecule has 1 N–H and O–H groups in total. The smallest absolute Gasteiger partial charge is 0.315 e. The number of aromatic nitrogens is 1. The molecule has 0 radical (unpaired) electrons. The van der Waals surface area contributed by atoms with Gasteiger partial charge in [-0.3, -0.25) is 20.2 Å². The Morgan fingerprint density at radius 2 is 1.92 bits per heavy atom. The fourth-order valence-corrected chi connectivity index (χ4v) is 3.19. The van der Waals surface area contributed by atoms with Crippen LogP contribution in [0.3, 0.4) is 0 Å². The van der Waals surface area contributed by atoms with Gasteiger partial charge < -0.3 is 9.84 Å². The van der Waals surface area contributed by atoms with Crippen LogP contribution in [0.15, 0.2) is 30.3 Å². The average molecular weight is 373 g/mol. The maximum atomic E-state index is 11.0. The van der Waals surface area contributed by atoms with Gasteiger partial charge in [0.15, 0.2) is 5.75 Å². The van der Waals surface area contributed by atoms with Gasteiger partial charge in [-0.2, -0.15) is 0 Å². The number of fused-ring (bicyclic) bond motifs is 1. The predicted molar refractivity (Wildman–Crippen MR) is 96.5 cm³/mol. The molecule has 0 fully saturated rings. The highest BCUT2D eigenvalue weighted by molar-refractivity contribution is 7.19. The molecular formula is C16H11N3O6S. The monoisotopic (exact) mass is 373 g/mol. The standard InChI is InChI=1S/C16H11N3O6S/c1-25-13-7-9(6-12(16(13)20)19(23)24)2-5-15-17-11-4-3-10(18(21)22)8-14(11)26-15/h2-8,20H,1H3/b5-2+. The van der Waals surface area contributed by atoms with Gasteiger partial charge in [0.2, 0.25) is 5.75 Å². The highest BCUT2D eigenvalue weighted by atomic mass is 32.1. The first-order valence-corrected chi connectivity index (χ1v) is 7.99. The van der Waals surface area contributed by atoms with E-state index in [1.54, 1.807) is 18.2 Å². The molecule has 1 aromatic heterocycles. The van der Waals surface area contributed by atoms with E-state index in [1.165, 1.54) is 42.7 Å². The number of benzene rings is 2. The lowest BCUT2D eigenvalue weighted by Crippen LogP contribution is -1.93. The number of hydrogen-bond donors (Lipinski definition) is 1. The summed E-state index contributed by atoms with van der Waals surface area (Å²) in [6.07, 6.45) is 3.22. The number of aromatic hydroxyl groups is 1. The molecule has 0 atom stereocenters. The number of thiazole rings is 1.